The summed E-state index contributed by atoms with van der Waals surface area (Å²) in [4.78, 5) is 0. The van der Waals surface area contributed by atoms with E-state index < -0.39 is 11.2 Å². The van der Waals surface area contributed by atoms with Crippen LogP contribution in [0.5, 0.6) is 0 Å². The normalized spacial score (nSPS) is 23.6. The van der Waals surface area contributed by atoms with E-state index in [4.69, 9.17) is 4.74 Å². The number of hydrogen-bond acceptors (Lipinski definition) is 2. The smallest absolute Gasteiger partial charge is 0.148 e. The van der Waals surface area contributed by atoms with Crippen molar-refractivity contribution >= 4 is 31.9 Å². The summed E-state index contributed by atoms with van der Waals surface area (Å²) in [5.41, 5.74) is 3.52. The number of aryl methyl sites for hydroxylation is 1. The number of hydrogen-bond donors (Lipinski definition) is 1. The van der Waals surface area contributed by atoms with Crippen LogP contribution >= 0.6 is 31.9 Å². The van der Waals surface area contributed by atoms with Gasteiger partial charge in [0.05, 0.1) is 0 Å². The molecule has 3 aromatic carbocycles. The lowest BCUT2D eigenvalue weighted by Gasteiger charge is -2.49. The van der Waals surface area contributed by atoms with Crippen molar-refractivity contribution in [2.45, 2.75) is 25.0 Å². The maximum atomic E-state index is 12.3. The highest BCUT2D eigenvalue weighted by atomic mass is 79.9. The van der Waals surface area contributed by atoms with E-state index in [2.05, 4.69) is 44.0 Å². The molecule has 1 N–H and O–H groups in total. The van der Waals surface area contributed by atoms with E-state index in [1.54, 1.807) is 7.11 Å². The van der Waals surface area contributed by atoms with E-state index in [1.165, 1.54) is 0 Å². The predicted molar refractivity (Wildman–Crippen MR) is 116 cm³/mol. The summed E-state index contributed by atoms with van der Waals surface area (Å²) in [5.74, 6) is 0. The molecule has 0 saturated heterocycles. The Kier molecular flexibility index (Phi) is 4.59. The summed E-state index contributed by atoms with van der Waals surface area (Å²) >= 11 is 7.16. The number of ether oxygens (including phenoxy) is 1. The van der Waals surface area contributed by atoms with Crippen molar-refractivity contribution in [2.24, 2.45) is 0 Å². The van der Waals surface area contributed by atoms with Gasteiger partial charge >= 0.3 is 0 Å². The van der Waals surface area contributed by atoms with Gasteiger partial charge in [-0.3, -0.25) is 0 Å². The quantitative estimate of drug-likeness (QED) is 0.459. The molecule has 0 spiro atoms. The van der Waals surface area contributed by atoms with E-state index >= 15 is 0 Å². The monoisotopic (exact) mass is 486 g/mol. The van der Waals surface area contributed by atoms with Gasteiger partial charge in [-0.1, -0.05) is 73.8 Å². The number of rotatable bonds is 2. The zero-order valence-corrected chi connectivity index (χ0v) is 18.6. The van der Waals surface area contributed by atoms with Crippen molar-refractivity contribution in [3.05, 3.63) is 91.9 Å². The van der Waals surface area contributed by atoms with Gasteiger partial charge < -0.3 is 9.84 Å². The van der Waals surface area contributed by atoms with Crippen molar-refractivity contribution in [1.82, 2.24) is 0 Å². The van der Waals surface area contributed by atoms with Crippen LogP contribution in [0.15, 0.2) is 69.6 Å². The fraction of sp³-hybridized carbons (Fsp3) is 0.217. The van der Waals surface area contributed by atoms with Crippen molar-refractivity contribution < 1.29 is 9.84 Å². The fourth-order valence-corrected chi connectivity index (χ4v) is 4.85. The third-order valence-electron chi connectivity index (χ3n) is 5.73. The molecule has 0 bridgehead atoms. The molecule has 4 heteroatoms. The van der Waals surface area contributed by atoms with Crippen LogP contribution in [0.1, 0.15) is 29.2 Å². The standard InChI is InChI=1S/C23H20Br2O2/c1-14-4-6-15(7-5-14)23(26)21-13-17(25)9-11-19(21)18-10-8-16(24)12-20(18)22(23,2)27-3/h4-13,26H,1-3H3. The first-order valence-corrected chi connectivity index (χ1v) is 10.3. The highest BCUT2D eigenvalue weighted by Crippen LogP contribution is 2.56. The summed E-state index contributed by atoms with van der Waals surface area (Å²) in [6.45, 7) is 4.00. The van der Waals surface area contributed by atoms with Crippen molar-refractivity contribution in [2.75, 3.05) is 7.11 Å². The van der Waals surface area contributed by atoms with Crippen LogP contribution in [0.2, 0.25) is 0 Å². The van der Waals surface area contributed by atoms with Crippen LogP contribution in [-0.4, -0.2) is 12.2 Å². The molecule has 4 rings (SSSR count). The third kappa shape index (κ3) is 2.65. The molecule has 1 aliphatic carbocycles. The van der Waals surface area contributed by atoms with Crippen molar-refractivity contribution in [3.8, 4) is 11.1 Å². The van der Waals surface area contributed by atoms with Crippen LogP contribution in [-0.2, 0) is 15.9 Å². The Hall–Kier alpha value is -1.46. The zero-order valence-electron chi connectivity index (χ0n) is 15.4. The lowest BCUT2D eigenvalue weighted by Crippen LogP contribution is -2.52. The Morgan fingerprint density at radius 3 is 1.89 bits per heavy atom. The number of methoxy groups -OCH3 is 1. The van der Waals surface area contributed by atoms with Gasteiger partial charge in [-0.25, -0.2) is 0 Å². The summed E-state index contributed by atoms with van der Waals surface area (Å²) in [7, 11) is 1.66. The first kappa shape index (κ1) is 18.9. The molecule has 0 radical (unpaired) electrons. The Labute approximate surface area is 176 Å². The largest absolute Gasteiger partial charge is 0.377 e. The number of fused-ring (bicyclic) bond motifs is 3. The van der Waals surface area contributed by atoms with E-state index in [0.717, 1.165) is 42.3 Å². The highest BCUT2D eigenvalue weighted by Gasteiger charge is 2.56. The van der Waals surface area contributed by atoms with Gasteiger partial charge in [0.1, 0.15) is 11.2 Å². The van der Waals surface area contributed by atoms with Gasteiger partial charge in [0.25, 0.3) is 0 Å². The minimum absolute atomic E-state index is 0.808. The van der Waals surface area contributed by atoms with Crippen LogP contribution in [0.25, 0.3) is 11.1 Å². The van der Waals surface area contributed by atoms with E-state index in [0.29, 0.717) is 0 Å². The molecule has 0 amide bonds. The molecule has 2 nitrogen and oxygen atoms in total. The summed E-state index contributed by atoms with van der Waals surface area (Å²) < 4.78 is 7.95. The van der Waals surface area contributed by atoms with Gasteiger partial charge in [0.15, 0.2) is 0 Å². The SMILES string of the molecule is COC1(C)c2cc(Br)ccc2-c2ccc(Br)cc2C1(O)c1ccc(C)cc1. The molecule has 3 aromatic rings. The molecule has 138 valence electrons. The molecule has 1 aliphatic rings. The second-order valence-electron chi connectivity index (χ2n) is 7.19. The van der Waals surface area contributed by atoms with Gasteiger partial charge in [-0.2, -0.15) is 0 Å². The van der Waals surface area contributed by atoms with Gasteiger partial charge in [-0.15, -0.1) is 0 Å². The second kappa shape index (κ2) is 6.56. The zero-order chi connectivity index (χ0) is 19.4. The van der Waals surface area contributed by atoms with Gasteiger partial charge in [-0.05, 0) is 60.4 Å². The van der Waals surface area contributed by atoms with Crippen molar-refractivity contribution in [3.63, 3.8) is 0 Å². The number of benzene rings is 3. The van der Waals surface area contributed by atoms with Crippen molar-refractivity contribution in [1.29, 1.82) is 0 Å². The number of aliphatic hydroxyl groups is 1. The lowest BCUT2D eigenvalue weighted by atomic mass is 9.63. The van der Waals surface area contributed by atoms with Crippen LogP contribution in [0, 0.1) is 6.92 Å². The summed E-state index contributed by atoms with van der Waals surface area (Å²) in [5, 5.41) is 12.3. The maximum Gasteiger partial charge on any atom is 0.148 e. The Morgan fingerprint density at radius 1 is 0.815 bits per heavy atom. The summed E-state index contributed by atoms with van der Waals surface area (Å²) in [6.07, 6.45) is 0. The number of halogens is 2. The average Bonchev–Trinajstić information content (AvgIpc) is 2.66. The molecule has 0 aromatic heterocycles. The highest BCUT2D eigenvalue weighted by molar-refractivity contribution is 9.10. The molecule has 27 heavy (non-hydrogen) atoms. The fourth-order valence-electron chi connectivity index (χ4n) is 4.13. The maximum absolute atomic E-state index is 12.3. The van der Waals surface area contributed by atoms with Crippen LogP contribution in [0.3, 0.4) is 0 Å². The van der Waals surface area contributed by atoms with Crippen LogP contribution < -0.4 is 0 Å². The first-order chi connectivity index (χ1) is 12.8. The minimum atomic E-state index is -1.34. The van der Waals surface area contributed by atoms with E-state index in [1.807, 2.05) is 62.4 Å². The van der Waals surface area contributed by atoms with Crippen LogP contribution in [0.4, 0.5) is 0 Å². The molecule has 0 saturated carbocycles. The minimum Gasteiger partial charge on any atom is -0.377 e. The third-order valence-corrected chi connectivity index (χ3v) is 6.71. The van der Waals surface area contributed by atoms with E-state index in [-0.39, 0.29) is 0 Å². The first-order valence-electron chi connectivity index (χ1n) is 8.76. The molecule has 0 aliphatic heterocycles. The molecular weight excluding hydrogens is 468 g/mol. The van der Waals surface area contributed by atoms with E-state index in [9.17, 15) is 5.11 Å². The molecule has 0 heterocycles. The Balaban J connectivity index is 2.14. The van der Waals surface area contributed by atoms with Gasteiger partial charge in [0, 0.05) is 21.6 Å². The predicted octanol–water partition coefficient (Wildman–Crippen LogP) is 6.30. The molecular formula is C23H20Br2O2. The molecule has 2 atom stereocenters. The molecule has 0 fully saturated rings. The average molecular weight is 488 g/mol. The van der Waals surface area contributed by atoms with Gasteiger partial charge in [0.2, 0.25) is 0 Å². The Bertz CT molecular complexity index is 1030. The second-order valence-corrected chi connectivity index (χ2v) is 9.02. The molecule has 2 unspecified atom stereocenters. The topological polar surface area (TPSA) is 29.5 Å². The Morgan fingerprint density at radius 2 is 1.33 bits per heavy atom. The summed E-state index contributed by atoms with van der Waals surface area (Å²) in [6, 6.07) is 20.2. The lowest BCUT2D eigenvalue weighted by molar-refractivity contribution is -0.151.